The van der Waals surface area contributed by atoms with E-state index in [1.165, 1.54) is 6.92 Å². The van der Waals surface area contributed by atoms with E-state index in [0.717, 1.165) is 6.42 Å². The number of esters is 1. The van der Waals surface area contributed by atoms with Crippen LogP contribution < -0.4 is 0 Å². The van der Waals surface area contributed by atoms with Gasteiger partial charge in [0.25, 0.3) is 0 Å². The van der Waals surface area contributed by atoms with E-state index >= 15 is 0 Å². The highest BCUT2D eigenvalue weighted by atomic mass is 16.5. The maximum atomic E-state index is 11.9. The fourth-order valence-corrected chi connectivity index (χ4v) is 7.94. The molecule has 0 aromatic rings. The molecule has 6 heteroatoms. The Hall–Kier alpha value is -0.950. The highest BCUT2D eigenvalue weighted by Crippen LogP contribution is 2.73. The monoisotopic (exact) mass is 394 g/mol. The Bertz CT molecular complexity index is 718. The molecule has 1 spiro atoms. The number of rotatable bonds is 1. The molecule has 2 bridgehead atoms. The molecule has 0 aliphatic heterocycles. The summed E-state index contributed by atoms with van der Waals surface area (Å²) in [5.41, 5.74) is -2.61. The van der Waals surface area contributed by atoms with Gasteiger partial charge in [-0.15, -0.1) is 0 Å². The molecule has 0 heterocycles. The van der Waals surface area contributed by atoms with Gasteiger partial charge in [-0.2, -0.15) is 0 Å². The van der Waals surface area contributed by atoms with Gasteiger partial charge in [0.2, 0.25) is 0 Å². The standard InChI is InChI=1S/C22H34O6/c1-11-18(26)21-7-6-14-19(3,4)15(24)8-16(25)20(14,5)17(21)13(28-12(2)23)9-22(11,27)10-21/h13-18,24-27H,1,6-10H2,2-5H3/t13-,14+,15+,16-,17-,18+,20-,21+,22-/m0/s1. The summed E-state index contributed by atoms with van der Waals surface area (Å²) >= 11 is 0. The molecule has 158 valence electrons. The molecule has 28 heavy (non-hydrogen) atoms. The van der Waals surface area contributed by atoms with Gasteiger partial charge >= 0.3 is 5.97 Å². The third-order valence-electron chi connectivity index (χ3n) is 9.18. The van der Waals surface area contributed by atoms with Crippen LogP contribution in [0.25, 0.3) is 0 Å². The lowest BCUT2D eigenvalue weighted by Gasteiger charge is -2.67. The van der Waals surface area contributed by atoms with E-state index in [4.69, 9.17) is 4.74 Å². The summed E-state index contributed by atoms with van der Waals surface area (Å²) in [6.07, 6.45) is -0.739. The van der Waals surface area contributed by atoms with E-state index in [0.29, 0.717) is 18.4 Å². The van der Waals surface area contributed by atoms with Crippen LogP contribution in [0.15, 0.2) is 12.2 Å². The van der Waals surface area contributed by atoms with Crippen molar-refractivity contribution in [3.63, 3.8) is 0 Å². The molecule has 4 saturated carbocycles. The maximum Gasteiger partial charge on any atom is 0.302 e. The highest BCUT2D eigenvalue weighted by Gasteiger charge is 2.75. The highest BCUT2D eigenvalue weighted by molar-refractivity contribution is 5.66. The minimum absolute atomic E-state index is 0.000286. The summed E-state index contributed by atoms with van der Waals surface area (Å²) in [4.78, 5) is 11.9. The average Bonchev–Trinajstić information content (AvgIpc) is 2.70. The smallest absolute Gasteiger partial charge is 0.302 e. The first-order chi connectivity index (χ1) is 12.8. The number of hydrogen-bond donors (Lipinski definition) is 4. The van der Waals surface area contributed by atoms with Gasteiger partial charge in [-0.1, -0.05) is 27.4 Å². The fraction of sp³-hybridized carbons (Fsp3) is 0.864. The predicted octanol–water partition coefficient (Wildman–Crippen LogP) is 1.54. The maximum absolute atomic E-state index is 11.9. The van der Waals surface area contributed by atoms with Crippen LogP contribution in [-0.2, 0) is 9.53 Å². The SMILES string of the molecule is C=C1[C@@H](O)[C@@]23CC[C@@H]4C(C)(C)[C@H](O)C[C@H](O)[C@@]4(C)[C@@H]2[C@@H](OC(C)=O)C[C@]1(O)C3. The van der Waals surface area contributed by atoms with E-state index in [1.54, 1.807) is 0 Å². The van der Waals surface area contributed by atoms with Crippen molar-refractivity contribution in [2.24, 2.45) is 28.1 Å². The van der Waals surface area contributed by atoms with Crippen molar-refractivity contribution in [3.8, 4) is 0 Å². The molecule has 4 fully saturated rings. The van der Waals surface area contributed by atoms with Crippen molar-refractivity contribution in [1.29, 1.82) is 0 Å². The number of carbonyl (C=O) groups is 1. The van der Waals surface area contributed by atoms with Gasteiger partial charge < -0.3 is 25.2 Å². The molecule has 0 unspecified atom stereocenters. The first-order valence-electron chi connectivity index (χ1n) is 10.4. The second kappa shape index (κ2) is 5.81. The van der Waals surface area contributed by atoms with E-state index in [1.807, 2.05) is 20.8 Å². The summed E-state index contributed by atoms with van der Waals surface area (Å²) in [6, 6.07) is 0. The summed E-state index contributed by atoms with van der Waals surface area (Å²) < 4.78 is 5.73. The van der Waals surface area contributed by atoms with Crippen LogP contribution in [0.4, 0.5) is 0 Å². The van der Waals surface area contributed by atoms with E-state index in [2.05, 4.69) is 6.58 Å². The van der Waals surface area contributed by atoms with Gasteiger partial charge in [-0.25, -0.2) is 0 Å². The second-order valence-electron chi connectivity index (χ2n) is 10.7. The molecule has 0 amide bonds. The molecule has 0 radical (unpaired) electrons. The van der Waals surface area contributed by atoms with Gasteiger partial charge in [-0.05, 0) is 36.2 Å². The van der Waals surface area contributed by atoms with Crippen LogP contribution >= 0.6 is 0 Å². The summed E-state index contributed by atoms with van der Waals surface area (Å²) in [5.74, 6) is -0.751. The molecular formula is C22H34O6. The van der Waals surface area contributed by atoms with Gasteiger partial charge in [0.1, 0.15) is 6.10 Å². The normalized spacial score (nSPS) is 54.6. The van der Waals surface area contributed by atoms with E-state index < -0.39 is 52.2 Å². The average molecular weight is 395 g/mol. The van der Waals surface area contributed by atoms with E-state index in [-0.39, 0.29) is 24.7 Å². The van der Waals surface area contributed by atoms with Crippen molar-refractivity contribution in [1.82, 2.24) is 0 Å². The van der Waals surface area contributed by atoms with Crippen LogP contribution in [0.2, 0.25) is 0 Å². The van der Waals surface area contributed by atoms with Gasteiger partial charge in [-0.3, -0.25) is 4.79 Å². The minimum Gasteiger partial charge on any atom is -0.462 e. The Labute approximate surface area is 166 Å². The van der Waals surface area contributed by atoms with Gasteiger partial charge in [0, 0.05) is 36.5 Å². The molecule has 6 nitrogen and oxygen atoms in total. The molecular weight excluding hydrogens is 360 g/mol. The third kappa shape index (κ3) is 2.26. The molecule has 0 aromatic heterocycles. The van der Waals surface area contributed by atoms with Crippen LogP contribution in [0.5, 0.6) is 0 Å². The minimum atomic E-state index is -1.26. The fourth-order valence-electron chi connectivity index (χ4n) is 7.94. The lowest BCUT2D eigenvalue weighted by molar-refractivity contribution is -0.269. The van der Waals surface area contributed by atoms with Crippen LogP contribution in [0.1, 0.15) is 59.8 Å². The number of fused-ring (bicyclic) bond motifs is 3. The Morgan fingerprint density at radius 2 is 1.82 bits per heavy atom. The molecule has 4 aliphatic rings. The Kier molecular flexibility index (Phi) is 4.22. The Morgan fingerprint density at radius 3 is 2.43 bits per heavy atom. The van der Waals surface area contributed by atoms with E-state index in [9.17, 15) is 25.2 Å². The summed E-state index contributed by atoms with van der Waals surface area (Å²) in [7, 11) is 0. The van der Waals surface area contributed by atoms with Crippen molar-refractivity contribution >= 4 is 5.97 Å². The first-order valence-corrected chi connectivity index (χ1v) is 10.4. The lowest BCUT2D eigenvalue weighted by Crippen LogP contribution is -2.69. The van der Waals surface area contributed by atoms with Gasteiger partial charge in [0.05, 0.1) is 23.9 Å². The van der Waals surface area contributed by atoms with Crippen molar-refractivity contribution in [2.75, 3.05) is 0 Å². The van der Waals surface area contributed by atoms with Crippen LogP contribution in [-0.4, -0.2) is 56.4 Å². The summed E-state index contributed by atoms with van der Waals surface area (Å²) in [5, 5.41) is 44.3. The summed E-state index contributed by atoms with van der Waals surface area (Å²) in [6.45, 7) is 11.4. The second-order valence-corrected chi connectivity index (χ2v) is 10.7. The predicted molar refractivity (Wildman–Crippen MR) is 102 cm³/mol. The number of aliphatic hydroxyl groups is 4. The number of hydrogen-bond acceptors (Lipinski definition) is 6. The topological polar surface area (TPSA) is 107 Å². The number of aliphatic hydroxyl groups excluding tert-OH is 3. The molecule has 9 atom stereocenters. The molecule has 0 saturated heterocycles. The first kappa shape index (κ1) is 20.3. The van der Waals surface area contributed by atoms with Crippen molar-refractivity contribution < 1.29 is 30.0 Å². The number of carbonyl (C=O) groups excluding carboxylic acids is 1. The quantitative estimate of drug-likeness (QED) is 0.397. The Balaban J connectivity index is 1.89. The van der Waals surface area contributed by atoms with Crippen LogP contribution in [0.3, 0.4) is 0 Å². The van der Waals surface area contributed by atoms with Gasteiger partial charge in [0.15, 0.2) is 0 Å². The molecule has 4 aliphatic carbocycles. The zero-order chi connectivity index (χ0) is 20.9. The zero-order valence-corrected chi connectivity index (χ0v) is 17.3. The largest absolute Gasteiger partial charge is 0.462 e. The van der Waals surface area contributed by atoms with Crippen molar-refractivity contribution in [2.45, 2.75) is 89.8 Å². The molecule has 4 rings (SSSR count). The zero-order valence-electron chi connectivity index (χ0n) is 17.3. The van der Waals surface area contributed by atoms with Crippen molar-refractivity contribution in [3.05, 3.63) is 12.2 Å². The number of ether oxygens (including phenoxy) is 1. The lowest BCUT2D eigenvalue weighted by atomic mass is 9.39. The Morgan fingerprint density at radius 1 is 1.18 bits per heavy atom. The third-order valence-corrected chi connectivity index (χ3v) is 9.18. The molecule has 4 N–H and O–H groups in total. The molecule has 0 aromatic carbocycles. The van der Waals surface area contributed by atoms with Crippen LogP contribution in [0, 0.1) is 28.1 Å².